The van der Waals surface area contributed by atoms with Crippen LogP contribution in [0.15, 0.2) is 63.9 Å². The Labute approximate surface area is 179 Å². The van der Waals surface area contributed by atoms with E-state index in [2.05, 4.69) is 15.1 Å². The molecule has 31 heavy (non-hydrogen) atoms. The van der Waals surface area contributed by atoms with Crippen molar-refractivity contribution in [3.8, 4) is 16.4 Å². The van der Waals surface area contributed by atoms with Gasteiger partial charge in [0.1, 0.15) is 0 Å². The monoisotopic (exact) mass is 457 g/mol. The maximum absolute atomic E-state index is 13.2. The van der Waals surface area contributed by atoms with Crippen LogP contribution in [-0.2, 0) is 16.4 Å². The molecule has 10 nitrogen and oxygen atoms in total. The molecular weight excluding hydrogens is 442 g/mol. The number of thiazole rings is 1. The molecule has 0 saturated heterocycles. The Balaban J connectivity index is 1.81. The van der Waals surface area contributed by atoms with E-state index in [1.807, 2.05) is 0 Å². The number of sulfonamides is 1. The summed E-state index contributed by atoms with van der Waals surface area (Å²) < 4.78 is 24.1. The highest BCUT2D eigenvalue weighted by Crippen LogP contribution is 2.23. The summed E-state index contributed by atoms with van der Waals surface area (Å²) >= 11 is 1.02. The number of carboxylic acids is 1. The molecule has 0 radical (unpaired) electrons. The van der Waals surface area contributed by atoms with E-state index < -0.39 is 21.6 Å². The number of aromatic nitrogens is 4. The Morgan fingerprint density at radius 2 is 1.97 bits per heavy atom. The molecule has 0 spiro atoms. The molecule has 12 heteroatoms. The van der Waals surface area contributed by atoms with Crippen LogP contribution in [0.25, 0.3) is 16.4 Å². The molecule has 4 aromatic rings. The van der Waals surface area contributed by atoms with Crippen molar-refractivity contribution < 1.29 is 18.3 Å². The number of hydrogen-bond donors (Lipinski definition) is 3. The number of aromatic amines is 1. The fraction of sp³-hybridized carbons (Fsp3) is 0.0526. The molecule has 0 amide bonds. The Bertz CT molecular complexity index is 1420. The number of benzene rings is 1. The number of carboxylic acid groups (broad SMARTS) is 1. The van der Waals surface area contributed by atoms with E-state index in [0.29, 0.717) is 22.4 Å². The van der Waals surface area contributed by atoms with Gasteiger partial charge in [0.2, 0.25) is 15.2 Å². The van der Waals surface area contributed by atoms with Crippen LogP contribution in [0, 0.1) is 0 Å². The maximum Gasteiger partial charge on any atom is 0.355 e. The first-order valence-electron chi connectivity index (χ1n) is 8.79. The molecule has 0 fully saturated rings. The van der Waals surface area contributed by atoms with E-state index in [0.717, 1.165) is 11.3 Å². The van der Waals surface area contributed by atoms with Gasteiger partial charge in [-0.2, -0.15) is 4.68 Å². The van der Waals surface area contributed by atoms with Crippen LogP contribution in [0.2, 0.25) is 0 Å². The third kappa shape index (κ3) is 4.17. The Morgan fingerprint density at radius 3 is 2.55 bits per heavy atom. The molecular formula is C19H15N5O5S2. The summed E-state index contributed by atoms with van der Waals surface area (Å²) in [5.74, 6) is -1.19. The van der Waals surface area contributed by atoms with E-state index in [1.165, 1.54) is 22.2 Å². The minimum Gasteiger partial charge on any atom is -0.476 e. The number of carbonyl (C=O) groups is 1. The zero-order valence-electron chi connectivity index (χ0n) is 15.7. The second kappa shape index (κ2) is 7.91. The first-order valence-corrected chi connectivity index (χ1v) is 11.2. The highest BCUT2D eigenvalue weighted by molar-refractivity contribution is 7.89. The molecule has 0 atom stereocenters. The lowest BCUT2D eigenvalue weighted by Crippen LogP contribution is -2.18. The van der Waals surface area contributed by atoms with Gasteiger partial charge in [-0.25, -0.2) is 23.3 Å². The van der Waals surface area contributed by atoms with Gasteiger partial charge in [-0.15, -0.1) is 11.3 Å². The van der Waals surface area contributed by atoms with E-state index in [4.69, 9.17) is 10.2 Å². The van der Waals surface area contributed by atoms with Crippen LogP contribution in [-0.4, -0.2) is 39.2 Å². The number of nitrogens with one attached hydrogen (secondary N) is 1. The largest absolute Gasteiger partial charge is 0.476 e. The smallest absolute Gasteiger partial charge is 0.355 e. The molecule has 0 aliphatic heterocycles. The Kier molecular flexibility index (Phi) is 5.27. The minimum absolute atomic E-state index is 0.0285. The van der Waals surface area contributed by atoms with Gasteiger partial charge in [0.15, 0.2) is 5.69 Å². The molecule has 0 unspecified atom stereocenters. The number of primary sulfonamides is 1. The van der Waals surface area contributed by atoms with E-state index >= 15 is 0 Å². The zero-order chi connectivity index (χ0) is 22.2. The molecule has 3 aromatic heterocycles. The lowest BCUT2D eigenvalue weighted by atomic mass is 10.0. The second-order valence-electron chi connectivity index (χ2n) is 6.53. The third-order valence-corrected chi connectivity index (χ3v) is 6.23. The van der Waals surface area contributed by atoms with Crippen molar-refractivity contribution in [3.05, 3.63) is 81.3 Å². The van der Waals surface area contributed by atoms with Gasteiger partial charge in [0, 0.05) is 35.3 Å². The molecule has 158 valence electrons. The van der Waals surface area contributed by atoms with Crippen molar-refractivity contribution in [1.82, 2.24) is 19.7 Å². The minimum atomic E-state index is -3.82. The summed E-state index contributed by atoms with van der Waals surface area (Å²) in [4.78, 5) is 32.4. The molecule has 0 aliphatic rings. The number of H-pyrrole nitrogens is 1. The van der Waals surface area contributed by atoms with Crippen molar-refractivity contribution in [3.63, 3.8) is 0 Å². The normalized spacial score (nSPS) is 11.5. The maximum atomic E-state index is 13.2. The molecule has 0 aliphatic carbocycles. The van der Waals surface area contributed by atoms with Crippen molar-refractivity contribution in [1.29, 1.82) is 0 Å². The first kappa shape index (κ1) is 20.7. The number of rotatable bonds is 6. The number of hydrogen-bond acceptors (Lipinski definition) is 7. The fourth-order valence-electron chi connectivity index (χ4n) is 2.99. The standard InChI is InChI=1S/C19H15N5O5S2/c20-31(28,29)13-5-3-11(4-6-13)8-14-16(12-2-1-7-21-9-12)23-24(17(14)25)19-22-15(10-30-19)18(26)27/h1-7,9-10,23H,8H2,(H,26,27)(H2,20,28,29). The molecule has 1 aromatic carbocycles. The molecule has 0 saturated carbocycles. The van der Waals surface area contributed by atoms with Crippen LogP contribution in [0.1, 0.15) is 21.6 Å². The third-order valence-electron chi connectivity index (χ3n) is 4.47. The number of pyridine rings is 1. The lowest BCUT2D eigenvalue weighted by Gasteiger charge is -2.04. The fourth-order valence-corrected chi connectivity index (χ4v) is 4.26. The molecule has 0 bridgehead atoms. The summed E-state index contributed by atoms with van der Waals surface area (Å²) in [6, 6.07) is 9.41. The van der Waals surface area contributed by atoms with E-state index in [1.54, 1.807) is 36.7 Å². The summed E-state index contributed by atoms with van der Waals surface area (Å²) in [7, 11) is -3.82. The van der Waals surface area contributed by atoms with Crippen LogP contribution in [0.3, 0.4) is 0 Å². The van der Waals surface area contributed by atoms with Gasteiger partial charge >= 0.3 is 5.97 Å². The van der Waals surface area contributed by atoms with Crippen molar-refractivity contribution in [2.24, 2.45) is 5.14 Å². The summed E-state index contributed by atoms with van der Waals surface area (Å²) in [6.07, 6.45) is 3.38. The molecule has 4 N–H and O–H groups in total. The summed E-state index contributed by atoms with van der Waals surface area (Å²) in [5.41, 5.74) is 1.67. The van der Waals surface area contributed by atoms with Crippen molar-refractivity contribution >= 4 is 27.3 Å². The average Bonchev–Trinajstić information content (AvgIpc) is 3.34. The van der Waals surface area contributed by atoms with Gasteiger partial charge in [0.05, 0.1) is 10.6 Å². The first-order chi connectivity index (χ1) is 14.7. The molecule has 3 heterocycles. The Hall–Kier alpha value is -3.61. The van der Waals surface area contributed by atoms with Crippen LogP contribution in [0.4, 0.5) is 0 Å². The Morgan fingerprint density at radius 1 is 1.23 bits per heavy atom. The van der Waals surface area contributed by atoms with Crippen LogP contribution >= 0.6 is 11.3 Å². The van der Waals surface area contributed by atoms with E-state index in [-0.39, 0.29) is 22.1 Å². The number of aromatic carboxylic acids is 1. The van der Waals surface area contributed by atoms with Gasteiger partial charge in [-0.3, -0.25) is 14.9 Å². The van der Waals surface area contributed by atoms with Crippen molar-refractivity contribution in [2.75, 3.05) is 0 Å². The highest BCUT2D eigenvalue weighted by Gasteiger charge is 2.20. The predicted molar refractivity (Wildman–Crippen MR) is 113 cm³/mol. The van der Waals surface area contributed by atoms with Gasteiger partial charge in [-0.05, 0) is 29.8 Å². The van der Waals surface area contributed by atoms with Crippen LogP contribution < -0.4 is 10.7 Å². The van der Waals surface area contributed by atoms with E-state index in [9.17, 15) is 18.0 Å². The second-order valence-corrected chi connectivity index (χ2v) is 8.93. The molecule has 4 rings (SSSR count). The van der Waals surface area contributed by atoms with Gasteiger partial charge in [-0.1, -0.05) is 12.1 Å². The predicted octanol–water partition coefficient (Wildman–Crippen LogP) is 1.62. The lowest BCUT2D eigenvalue weighted by molar-refractivity contribution is 0.0691. The summed E-state index contributed by atoms with van der Waals surface area (Å²) in [5, 5.41) is 18.8. The zero-order valence-corrected chi connectivity index (χ0v) is 17.4. The average molecular weight is 457 g/mol. The number of nitrogens with two attached hydrogens (primary N) is 1. The van der Waals surface area contributed by atoms with Crippen LogP contribution in [0.5, 0.6) is 0 Å². The topological polar surface area (TPSA) is 161 Å². The van der Waals surface area contributed by atoms with Crippen molar-refractivity contribution in [2.45, 2.75) is 11.3 Å². The summed E-state index contributed by atoms with van der Waals surface area (Å²) in [6.45, 7) is 0. The number of nitrogens with zero attached hydrogens (tertiary/aromatic N) is 3. The SMILES string of the molecule is NS(=O)(=O)c1ccc(Cc2c(-c3cccnc3)[nH]n(-c3nc(C(=O)O)cs3)c2=O)cc1. The van der Waals surface area contributed by atoms with Gasteiger partial charge in [0.25, 0.3) is 5.56 Å². The quantitative estimate of drug-likeness (QED) is 0.396. The highest BCUT2D eigenvalue weighted by atomic mass is 32.2. The van der Waals surface area contributed by atoms with Gasteiger partial charge < -0.3 is 5.11 Å².